The van der Waals surface area contributed by atoms with Gasteiger partial charge in [0.1, 0.15) is 0 Å². The first-order valence-electron chi connectivity index (χ1n) is 5.82. The summed E-state index contributed by atoms with van der Waals surface area (Å²) in [6.45, 7) is 2.87. The van der Waals surface area contributed by atoms with Crippen LogP contribution in [0.4, 0.5) is 5.82 Å². The maximum atomic E-state index is 11.9. The fourth-order valence-corrected chi connectivity index (χ4v) is 1.93. The van der Waals surface area contributed by atoms with E-state index >= 15 is 0 Å². The Bertz CT molecular complexity index is 454. The molecule has 1 saturated heterocycles. The van der Waals surface area contributed by atoms with Crippen LogP contribution < -0.4 is 5.32 Å². The Morgan fingerprint density at radius 3 is 2.79 bits per heavy atom. The summed E-state index contributed by atoms with van der Waals surface area (Å²) in [5.74, 6) is 0.400. The zero-order chi connectivity index (χ0) is 13.7. The molecule has 1 fully saturated rings. The number of carbonyl (C=O) groups is 1. The smallest absolute Gasteiger partial charge is 0.245 e. The van der Waals surface area contributed by atoms with E-state index in [4.69, 9.17) is 27.9 Å². The number of hydrogen-bond donors (Lipinski definition) is 1. The lowest BCUT2D eigenvalue weighted by Gasteiger charge is -2.26. The first-order valence-corrected chi connectivity index (χ1v) is 6.57. The van der Waals surface area contributed by atoms with Crippen LogP contribution in [-0.2, 0) is 9.53 Å². The molecule has 0 aromatic carbocycles. The number of anilines is 1. The molecular formula is C10H13Cl2N5O2. The third-order valence-corrected chi connectivity index (χ3v) is 3.03. The molecule has 0 bridgehead atoms. The number of nitrogens with zero attached hydrogens (tertiary/aromatic N) is 4. The number of hydrogen-bond acceptors (Lipinski definition) is 6. The Labute approximate surface area is 120 Å². The molecule has 1 aliphatic rings. The van der Waals surface area contributed by atoms with E-state index in [-0.39, 0.29) is 16.3 Å². The molecule has 0 atom stereocenters. The van der Waals surface area contributed by atoms with Gasteiger partial charge in [-0.05, 0) is 11.6 Å². The number of nitrogens with one attached hydrogen (secondary N) is 1. The largest absolute Gasteiger partial charge is 0.378 e. The van der Waals surface area contributed by atoms with Crippen LogP contribution in [0.1, 0.15) is 6.42 Å². The Morgan fingerprint density at radius 2 is 2.05 bits per heavy atom. The minimum Gasteiger partial charge on any atom is -0.378 e. The van der Waals surface area contributed by atoms with Gasteiger partial charge in [-0.3, -0.25) is 4.79 Å². The maximum absolute atomic E-state index is 11.9. The van der Waals surface area contributed by atoms with Crippen LogP contribution in [0.25, 0.3) is 0 Å². The van der Waals surface area contributed by atoms with Gasteiger partial charge in [-0.1, -0.05) is 11.6 Å². The molecule has 1 amide bonds. The summed E-state index contributed by atoms with van der Waals surface area (Å²) in [6.07, 6.45) is 0.345. The van der Waals surface area contributed by atoms with Crippen molar-refractivity contribution in [2.45, 2.75) is 6.42 Å². The van der Waals surface area contributed by atoms with Crippen LogP contribution in [0.15, 0.2) is 0 Å². The Balaban J connectivity index is 1.79. The monoisotopic (exact) mass is 305 g/mol. The van der Waals surface area contributed by atoms with Gasteiger partial charge in [0, 0.05) is 26.1 Å². The van der Waals surface area contributed by atoms with Crippen LogP contribution in [0.5, 0.6) is 0 Å². The predicted octanol–water partition coefficient (Wildman–Crippen LogP) is 0.839. The summed E-state index contributed by atoms with van der Waals surface area (Å²) in [7, 11) is 0. The zero-order valence-electron chi connectivity index (χ0n) is 10.1. The summed E-state index contributed by atoms with van der Waals surface area (Å²) in [5, 5.41) is 10.2. The second kappa shape index (κ2) is 6.83. The molecule has 1 aliphatic heterocycles. The zero-order valence-corrected chi connectivity index (χ0v) is 11.6. The number of amides is 1. The number of ether oxygens (including phenoxy) is 1. The number of aromatic nitrogens is 3. The number of carbonyl (C=O) groups excluding carboxylic acids is 1. The molecular weight excluding hydrogens is 293 g/mol. The number of morpholine rings is 1. The molecule has 1 aromatic heterocycles. The lowest BCUT2D eigenvalue weighted by molar-refractivity contribution is -0.134. The van der Waals surface area contributed by atoms with Gasteiger partial charge in [-0.15, -0.1) is 10.2 Å². The van der Waals surface area contributed by atoms with E-state index in [0.717, 1.165) is 0 Å². The standard InChI is InChI=1S/C10H13Cl2N5O2/c11-8-9(14-10(12)16-15-8)13-2-1-7(18)17-3-5-19-6-4-17/h1-6H2,(H,13,14,16). The topological polar surface area (TPSA) is 80.2 Å². The van der Waals surface area contributed by atoms with E-state index < -0.39 is 0 Å². The number of halogens is 2. The average Bonchev–Trinajstić information content (AvgIpc) is 2.43. The second-order valence-corrected chi connectivity index (χ2v) is 4.59. The minimum atomic E-state index is 0.00593. The average molecular weight is 306 g/mol. The van der Waals surface area contributed by atoms with Gasteiger partial charge in [0.05, 0.1) is 13.2 Å². The molecule has 0 radical (unpaired) electrons. The molecule has 1 aromatic rings. The van der Waals surface area contributed by atoms with Crippen molar-refractivity contribution in [2.75, 3.05) is 38.2 Å². The van der Waals surface area contributed by atoms with Crippen LogP contribution in [0.3, 0.4) is 0 Å². The molecule has 0 spiro atoms. The van der Waals surface area contributed by atoms with Crippen molar-refractivity contribution >= 4 is 34.9 Å². The third kappa shape index (κ3) is 4.15. The van der Waals surface area contributed by atoms with Crippen molar-refractivity contribution < 1.29 is 9.53 Å². The molecule has 19 heavy (non-hydrogen) atoms. The minimum absolute atomic E-state index is 0.00593. The van der Waals surface area contributed by atoms with Crippen LogP contribution >= 0.6 is 23.2 Å². The summed E-state index contributed by atoms with van der Waals surface area (Å²) < 4.78 is 5.19. The molecule has 1 N–H and O–H groups in total. The van der Waals surface area contributed by atoms with Gasteiger partial charge in [-0.2, -0.15) is 4.98 Å². The first-order chi connectivity index (χ1) is 9.16. The van der Waals surface area contributed by atoms with Crippen molar-refractivity contribution in [1.82, 2.24) is 20.1 Å². The Morgan fingerprint density at radius 1 is 1.32 bits per heavy atom. The van der Waals surface area contributed by atoms with Crippen molar-refractivity contribution in [3.8, 4) is 0 Å². The van der Waals surface area contributed by atoms with E-state index in [1.807, 2.05) is 0 Å². The highest BCUT2D eigenvalue weighted by Crippen LogP contribution is 2.16. The molecule has 0 aliphatic carbocycles. The molecule has 7 nitrogen and oxygen atoms in total. The third-order valence-electron chi connectivity index (χ3n) is 2.61. The van der Waals surface area contributed by atoms with Crippen molar-refractivity contribution in [3.05, 3.63) is 10.4 Å². The summed E-state index contributed by atoms with van der Waals surface area (Å²) in [4.78, 5) is 17.5. The van der Waals surface area contributed by atoms with Gasteiger partial charge >= 0.3 is 0 Å². The number of rotatable bonds is 4. The van der Waals surface area contributed by atoms with E-state index in [9.17, 15) is 4.79 Å². The normalized spacial score (nSPS) is 15.4. The van der Waals surface area contributed by atoms with Crippen LogP contribution in [-0.4, -0.2) is 58.8 Å². The molecule has 0 unspecified atom stereocenters. The van der Waals surface area contributed by atoms with Gasteiger partial charge in [0.2, 0.25) is 11.2 Å². The fourth-order valence-electron chi connectivity index (χ4n) is 1.66. The second-order valence-electron chi connectivity index (χ2n) is 3.89. The van der Waals surface area contributed by atoms with Crippen molar-refractivity contribution in [3.63, 3.8) is 0 Å². The lowest BCUT2D eigenvalue weighted by Crippen LogP contribution is -2.41. The lowest BCUT2D eigenvalue weighted by atomic mass is 10.3. The highest BCUT2D eigenvalue weighted by Gasteiger charge is 2.16. The highest BCUT2D eigenvalue weighted by molar-refractivity contribution is 6.32. The van der Waals surface area contributed by atoms with Crippen molar-refractivity contribution in [2.24, 2.45) is 0 Å². The maximum Gasteiger partial charge on any atom is 0.245 e. The van der Waals surface area contributed by atoms with Gasteiger partial charge in [0.25, 0.3) is 0 Å². The van der Waals surface area contributed by atoms with E-state index in [1.54, 1.807) is 4.90 Å². The Kier molecular flexibility index (Phi) is 5.12. The molecule has 2 rings (SSSR count). The molecule has 0 saturated carbocycles. The SMILES string of the molecule is O=C(CCNc1nc(Cl)nnc1Cl)N1CCOCC1. The van der Waals surface area contributed by atoms with E-state index in [2.05, 4.69) is 20.5 Å². The van der Waals surface area contributed by atoms with E-state index in [1.165, 1.54) is 0 Å². The fraction of sp³-hybridized carbons (Fsp3) is 0.600. The van der Waals surface area contributed by atoms with Gasteiger partial charge in [-0.25, -0.2) is 0 Å². The van der Waals surface area contributed by atoms with Crippen molar-refractivity contribution in [1.29, 1.82) is 0 Å². The summed E-state index contributed by atoms with van der Waals surface area (Å²) in [6, 6.07) is 0. The molecule has 2 heterocycles. The summed E-state index contributed by atoms with van der Waals surface area (Å²) in [5.41, 5.74) is 0. The first kappa shape index (κ1) is 14.2. The molecule has 104 valence electrons. The highest BCUT2D eigenvalue weighted by atomic mass is 35.5. The van der Waals surface area contributed by atoms with Gasteiger partial charge in [0.15, 0.2) is 11.0 Å². The Hall–Kier alpha value is -1.18. The van der Waals surface area contributed by atoms with Crippen LogP contribution in [0.2, 0.25) is 10.4 Å². The van der Waals surface area contributed by atoms with E-state index in [0.29, 0.717) is 45.1 Å². The van der Waals surface area contributed by atoms with Crippen LogP contribution in [0, 0.1) is 0 Å². The summed E-state index contributed by atoms with van der Waals surface area (Å²) >= 11 is 11.4. The predicted molar refractivity (Wildman–Crippen MR) is 70.4 cm³/mol. The van der Waals surface area contributed by atoms with Gasteiger partial charge < -0.3 is 15.0 Å². The quantitative estimate of drug-likeness (QED) is 0.888. The molecule has 9 heteroatoms.